The van der Waals surface area contributed by atoms with Crippen LogP contribution < -0.4 is 0 Å². The summed E-state index contributed by atoms with van der Waals surface area (Å²) in [7, 11) is 0. The van der Waals surface area contributed by atoms with Gasteiger partial charge in [0.25, 0.3) is 0 Å². The van der Waals surface area contributed by atoms with Crippen LogP contribution in [0.3, 0.4) is 0 Å². The number of hydrogen-bond acceptors (Lipinski definition) is 2. The van der Waals surface area contributed by atoms with Crippen LogP contribution in [-0.2, 0) is 0 Å². The first kappa shape index (κ1) is 7.29. The maximum absolute atomic E-state index is 5.10. The molecule has 0 radical (unpaired) electrons. The first-order valence-corrected chi connectivity index (χ1v) is 4.35. The first-order chi connectivity index (χ1) is 4.20. The third kappa shape index (κ3) is 1.80. The minimum atomic E-state index is 0.606. The SMILES string of the molecule is CC1=CSC(=S)C(C)C1. The number of hydrogen-bond donors (Lipinski definition) is 0. The van der Waals surface area contributed by atoms with Crippen molar-refractivity contribution in [2.45, 2.75) is 20.3 Å². The van der Waals surface area contributed by atoms with E-state index in [1.807, 2.05) is 0 Å². The van der Waals surface area contributed by atoms with Gasteiger partial charge in [-0.1, -0.05) is 36.5 Å². The van der Waals surface area contributed by atoms with Gasteiger partial charge in [-0.25, -0.2) is 0 Å². The molecule has 0 aromatic heterocycles. The molecule has 9 heavy (non-hydrogen) atoms. The molecule has 50 valence electrons. The van der Waals surface area contributed by atoms with Crippen LogP contribution in [-0.4, -0.2) is 4.20 Å². The molecule has 1 rings (SSSR count). The van der Waals surface area contributed by atoms with Crippen LogP contribution >= 0.6 is 24.0 Å². The fraction of sp³-hybridized carbons (Fsp3) is 0.571. The Morgan fingerprint density at radius 2 is 2.44 bits per heavy atom. The van der Waals surface area contributed by atoms with Gasteiger partial charge < -0.3 is 0 Å². The van der Waals surface area contributed by atoms with Crippen LogP contribution in [0.4, 0.5) is 0 Å². The Hall–Kier alpha value is 0.180. The van der Waals surface area contributed by atoms with Gasteiger partial charge in [0.1, 0.15) is 0 Å². The van der Waals surface area contributed by atoms with Crippen molar-refractivity contribution in [3.63, 3.8) is 0 Å². The lowest BCUT2D eigenvalue weighted by Crippen LogP contribution is -2.07. The second-order valence-corrected chi connectivity index (χ2v) is 4.12. The minimum Gasteiger partial charge on any atom is -0.0905 e. The Labute approximate surface area is 65.7 Å². The van der Waals surface area contributed by atoms with Crippen molar-refractivity contribution >= 4 is 28.2 Å². The molecule has 0 N–H and O–H groups in total. The maximum Gasteiger partial charge on any atom is 0.0552 e. The average molecular weight is 158 g/mol. The van der Waals surface area contributed by atoms with Crippen LogP contribution in [0.1, 0.15) is 20.3 Å². The van der Waals surface area contributed by atoms with Crippen LogP contribution in [0.25, 0.3) is 0 Å². The van der Waals surface area contributed by atoms with E-state index in [-0.39, 0.29) is 0 Å². The highest BCUT2D eigenvalue weighted by molar-refractivity contribution is 8.25. The monoisotopic (exact) mass is 158 g/mol. The molecule has 0 fully saturated rings. The van der Waals surface area contributed by atoms with Crippen molar-refractivity contribution in [3.05, 3.63) is 11.0 Å². The van der Waals surface area contributed by atoms with E-state index in [1.165, 1.54) is 5.57 Å². The Morgan fingerprint density at radius 1 is 1.78 bits per heavy atom. The highest BCUT2D eigenvalue weighted by atomic mass is 32.2. The second kappa shape index (κ2) is 2.84. The van der Waals surface area contributed by atoms with Crippen LogP contribution in [0.5, 0.6) is 0 Å². The number of rotatable bonds is 0. The van der Waals surface area contributed by atoms with E-state index in [2.05, 4.69) is 19.3 Å². The van der Waals surface area contributed by atoms with Crippen molar-refractivity contribution < 1.29 is 0 Å². The Morgan fingerprint density at radius 3 is 2.89 bits per heavy atom. The van der Waals surface area contributed by atoms with Gasteiger partial charge in [-0.05, 0) is 18.8 Å². The summed E-state index contributed by atoms with van der Waals surface area (Å²) in [5.41, 5.74) is 1.46. The molecule has 1 heterocycles. The summed E-state index contributed by atoms with van der Waals surface area (Å²) < 4.78 is 1.14. The van der Waals surface area contributed by atoms with E-state index in [0.717, 1.165) is 10.6 Å². The highest BCUT2D eigenvalue weighted by Gasteiger charge is 2.13. The summed E-state index contributed by atoms with van der Waals surface area (Å²) >= 11 is 6.80. The minimum absolute atomic E-state index is 0.606. The average Bonchev–Trinajstić information content (AvgIpc) is 1.80. The molecular weight excluding hydrogens is 148 g/mol. The van der Waals surface area contributed by atoms with E-state index in [0.29, 0.717) is 5.92 Å². The Kier molecular flexibility index (Phi) is 2.30. The zero-order chi connectivity index (χ0) is 6.85. The standard InChI is InChI=1S/C7H10S2/c1-5-3-6(2)7(8)9-4-5/h4,6H,3H2,1-2H3. The van der Waals surface area contributed by atoms with Gasteiger partial charge in [-0.15, -0.1) is 0 Å². The van der Waals surface area contributed by atoms with Crippen molar-refractivity contribution in [1.29, 1.82) is 0 Å². The molecular formula is C7H10S2. The van der Waals surface area contributed by atoms with E-state index in [1.54, 1.807) is 11.8 Å². The number of thioether (sulfide) groups is 1. The molecule has 0 spiro atoms. The molecule has 2 heteroatoms. The molecule has 0 nitrogen and oxygen atoms in total. The normalized spacial score (nSPS) is 28.0. The summed E-state index contributed by atoms with van der Waals surface area (Å²) in [5.74, 6) is 0.606. The maximum atomic E-state index is 5.10. The largest absolute Gasteiger partial charge is 0.0905 e. The van der Waals surface area contributed by atoms with E-state index in [9.17, 15) is 0 Å². The Bertz CT molecular complexity index is 158. The predicted molar refractivity (Wildman–Crippen MR) is 47.7 cm³/mol. The van der Waals surface area contributed by atoms with E-state index in [4.69, 9.17) is 12.2 Å². The van der Waals surface area contributed by atoms with Gasteiger partial charge in [0, 0.05) is 5.92 Å². The van der Waals surface area contributed by atoms with Crippen LogP contribution in [0, 0.1) is 5.92 Å². The van der Waals surface area contributed by atoms with Crippen LogP contribution in [0.2, 0.25) is 0 Å². The topological polar surface area (TPSA) is 0 Å². The molecule has 0 aromatic rings. The summed E-state index contributed by atoms with van der Waals surface area (Å²) in [5, 5.41) is 2.16. The van der Waals surface area contributed by atoms with Crippen LogP contribution in [0.15, 0.2) is 11.0 Å². The lowest BCUT2D eigenvalue weighted by molar-refractivity contribution is 0.776. The van der Waals surface area contributed by atoms with E-state index < -0.39 is 0 Å². The van der Waals surface area contributed by atoms with Gasteiger partial charge in [-0.3, -0.25) is 0 Å². The fourth-order valence-electron chi connectivity index (χ4n) is 0.889. The molecule has 0 aliphatic carbocycles. The second-order valence-electron chi connectivity index (χ2n) is 2.51. The van der Waals surface area contributed by atoms with Gasteiger partial charge >= 0.3 is 0 Å². The third-order valence-electron chi connectivity index (χ3n) is 1.41. The third-order valence-corrected chi connectivity index (χ3v) is 3.25. The Balaban J connectivity index is 2.65. The summed E-state index contributed by atoms with van der Waals surface area (Å²) in [4.78, 5) is 0. The van der Waals surface area contributed by atoms with E-state index >= 15 is 0 Å². The van der Waals surface area contributed by atoms with Gasteiger partial charge in [0.2, 0.25) is 0 Å². The molecule has 1 atom stereocenters. The number of thiocarbonyl (C=S) groups is 1. The van der Waals surface area contributed by atoms with Gasteiger partial charge in [-0.2, -0.15) is 0 Å². The zero-order valence-corrected chi connectivity index (χ0v) is 7.31. The lowest BCUT2D eigenvalue weighted by Gasteiger charge is -2.16. The summed E-state index contributed by atoms with van der Waals surface area (Å²) in [6, 6.07) is 0. The molecule has 1 aliphatic heterocycles. The molecule has 0 saturated heterocycles. The smallest absolute Gasteiger partial charge is 0.0552 e. The quantitative estimate of drug-likeness (QED) is 0.497. The van der Waals surface area contributed by atoms with Gasteiger partial charge in [0.15, 0.2) is 0 Å². The lowest BCUT2D eigenvalue weighted by atomic mass is 10.1. The molecule has 0 amide bonds. The highest BCUT2D eigenvalue weighted by Crippen LogP contribution is 2.27. The van der Waals surface area contributed by atoms with Crippen molar-refractivity contribution in [3.8, 4) is 0 Å². The van der Waals surface area contributed by atoms with Crippen molar-refractivity contribution in [2.75, 3.05) is 0 Å². The molecule has 0 aromatic carbocycles. The fourth-order valence-corrected chi connectivity index (χ4v) is 1.85. The first-order valence-electron chi connectivity index (χ1n) is 3.06. The van der Waals surface area contributed by atoms with Crippen molar-refractivity contribution in [1.82, 2.24) is 0 Å². The summed E-state index contributed by atoms with van der Waals surface area (Å²) in [6.45, 7) is 4.34. The molecule has 1 aliphatic rings. The predicted octanol–water partition coefficient (Wildman–Crippen LogP) is 2.99. The van der Waals surface area contributed by atoms with Crippen molar-refractivity contribution in [2.24, 2.45) is 5.92 Å². The van der Waals surface area contributed by atoms with Gasteiger partial charge in [0.05, 0.1) is 4.20 Å². The molecule has 0 saturated carbocycles. The zero-order valence-electron chi connectivity index (χ0n) is 5.68. The summed E-state index contributed by atoms with van der Waals surface area (Å²) in [6.07, 6.45) is 1.16. The molecule has 0 bridgehead atoms. The molecule has 1 unspecified atom stereocenters. The number of allylic oxidation sites excluding steroid dienone is 1.